The standard InChI is InChI=1S/C31H36O10/c32-12-11-22-24(34)26(36)28(38)30(40-22)20-5-1-3-18(13-20)16-7-9-17(10-8-16)19-4-2-6-21(14-19)31-29(39)27(37)25(35)23(15-33)41-31/h1-10,13-14,22-39H,11-12,15H2/t22-,23-,24-,25-,26+,27+,28+,29+,30-,31-/m1/s1. The summed E-state index contributed by atoms with van der Waals surface area (Å²) in [7, 11) is 0. The van der Waals surface area contributed by atoms with Crippen molar-refractivity contribution in [2.45, 2.75) is 67.5 Å². The molecule has 8 N–H and O–H groups in total. The fourth-order valence-electron chi connectivity index (χ4n) is 5.61. The van der Waals surface area contributed by atoms with Crippen LogP contribution in [0.2, 0.25) is 0 Å². The third kappa shape index (κ3) is 5.95. The Labute approximate surface area is 237 Å². The number of benzene rings is 3. The molecule has 0 spiro atoms. The fourth-order valence-corrected chi connectivity index (χ4v) is 5.61. The minimum atomic E-state index is -1.46. The second-order valence-electron chi connectivity index (χ2n) is 10.7. The van der Waals surface area contributed by atoms with Crippen molar-refractivity contribution >= 4 is 0 Å². The van der Waals surface area contributed by atoms with E-state index >= 15 is 0 Å². The van der Waals surface area contributed by atoms with Crippen LogP contribution in [0.3, 0.4) is 0 Å². The molecule has 2 saturated heterocycles. The normalized spacial score (nSPS) is 34.0. The highest BCUT2D eigenvalue weighted by Gasteiger charge is 2.45. The molecule has 0 unspecified atom stereocenters. The Balaban J connectivity index is 1.36. The Morgan fingerprint density at radius 1 is 0.488 bits per heavy atom. The van der Waals surface area contributed by atoms with Crippen LogP contribution in [0.15, 0.2) is 72.8 Å². The molecule has 2 aliphatic rings. The monoisotopic (exact) mass is 568 g/mol. The first-order valence-corrected chi connectivity index (χ1v) is 13.6. The van der Waals surface area contributed by atoms with E-state index in [1.54, 1.807) is 18.2 Å². The van der Waals surface area contributed by atoms with E-state index in [9.17, 15) is 40.9 Å². The maximum absolute atomic E-state index is 10.6. The van der Waals surface area contributed by atoms with Crippen molar-refractivity contribution in [1.29, 1.82) is 0 Å². The molecule has 2 heterocycles. The highest BCUT2D eigenvalue weighted by molar-refractivity contribution is 5.71. The van der Waals surface area contributed by atoms with Crippen molar-refractivity contribution in [3.8, 4) is 22.3 Å². The molecule has 5 rings (SSSR count). The summed E-state index contributed by atoms with van der Waals surface area (Å²) in [6.07, 6.45) is -11.8. The largest absolute Gasteiger partial charge is 0.396 e. The van der Waals surface area contributed by atoms with Crippen molar-refractivity contribution < 1.29 is 50.3 Å². The van der Waals surface area contributed by atoms with Gasteiger partial charge in [-0.2, -0.15) is 0 Å². The van der Waals surface area contributed by atoms with Gasteiger partial charge in [-0.05, 0) is 51.9 Å². The predicted molar refractivity (Wildman–Crippen MR) is 147 cm³/mol. The van der Waals surface area contributed by atoms with Gasteiger partial charge in [0.1, 0.15) is 54.9 Å². The number of hydrogen-bond donors (Lipinski definition) is 8. The first kappa shape index (κ1) is 29.7. The Morgan fingerprint density at radius 3 is 1.37 bits per heavy atom. The summed E-state index contributed by atoms with van der Waals surface area (Å²) in [4.78, 5) is 0. The minimum absolute atomic E-state index is 0.125. The molecule has 3 aromatic carbocycles. The van der Waals surface area contributed by atoms with Crippen molar-refractivity contribution in [3.63, 3.8) is 0 Å². The van der Waals surface area contributed by atoms with Gasteiger partial charge >= 0.3 is 0 Å². The highest BCUT2D eigenvalue weighted by Crippen LogP contribution is 2.37. The average Bonchev–Trinajstić information content (AvgIpc) is 3.00. The van der Waals surface area contributed by atoms with Crippen LogP contribution in [0.5, 0.6) is 0 Å². The van der Waals surface area contributed by atoms with Crippen LogP contribution >= 0.6 is 0 Å². The molecule has 0 amide bonds. The Morgan fingerprint density at radius 2 is 0.927 bits per heavy atom. The Hall–Kier alpha value is -2.74. The third-order valence-electron chi connectivity index (χ3n) is 8.00. The zero-order chi connectivity index (χ0) is 29.3. The van der Waals surface area contributed by atoms with Crippen LogP contribution in [-0.2, 0) is 9.47 Å². The molecule has 0 radical (unpaired) electrons. The quantitative estimate of drug-likeness (QED) is 0.199. The van der Waals surface area contributed by atoms with E-state index in [0.29, 0.717) is 11.1 Å². The van der Waals surface area contributed by atoms with Crippen LogP contribution in [0.1, 0.15) is 29.8 Å². The summed E-state index contributed by atoms with van der Waals surface area (Å²) in [5, 5.41) is 80.8. The molecule has 10 heteroatoms. The molecule has 10 nitrogen and oxygen atoms in total. The van der Waals surface area contributed by atoms with Crippen LogP contribution in [-0.4, -0.2) is 103 Å². The summed E-state index contributed by atoms with van der Waals surface area (Å²) >= 11 is 0. The summed E-state index contributed by atoms with van der Waals surface area (Å²) < 4.78 is 11.6. The van der Waals surface area contributed by atoms with Crippen molar-refractivity contribution in [2.75, 3.05) is 13.2 Å². The van der Waals surface area contributed by atoms with Gasteiger partial charge in [0.25, 0.3) is 0 Å². The van der Waals surface area contributed by atoms with Crippen LogP contribution in [0, 0.1) is 0 Å². The molecular formula is C31H36O10. The second-order valence-corrected chi connectivity index (χ2v) is 10.7. The van der Waals surface area contributed by atoms with Crippen LogP contribution in [0.25, 0.3) is 22.3 Å². The van der Waals surface area contributed by atoms with E-state index in [1.165, 1.54) is 0 Å². The summed E-state index contributed by atoms with van der Waals surface area (Å²) in [6.45, 7) is -0.726. The molecule has 41 heavy (non-hydrogen) atoms. The number of hydrogen-bond acceptors (Lipinski definition) is 10. The van der Waals surface area contributed by atoms with Gasteiger partial charge in [0, 0.05) is 6.61 Å². The smallest absolute Gasteiger partial charge is 0.113 e. The first-order valence-electron chi connectivity index (χ1n) is 13.6. The van der Waals surface area contributed by atoms with Crippen molar-refractivity contribution in [3.05, 3.63) is 83.9 Å². The average molecular weight is 569 g/mol. The van der Waals surface area contributed by atoms with Crippen molar-refractivity contribution in [1.82, 2.24) is 0 Å². The molecule has 0 aliphatic carbocycles. The summed E-state index contributed by atoms with van der Waals surface area (Å²) in [6, 6.07) is 22.3. The number of ether oxygens (including phenoxy) is 2. The topological polar surface area (TPSA) is 180 Å². The Bertz CT molecular complexity index is 1300. The molecule has 10 atom stereocenters. The molecule has 220 valence electrons. The Kier molecular flexibility index (Phi) is 9.17. The highest BCUT2D eigenvalue weighted by atomic mass is 16.5. The zero-order valence-corrected chi connectivity index (χ0v) is 22.2. The lowest BCUT2D eigenvalue weighted by Crippen LogP contribution is -2.55. The van der Waals surface area contributed by atoms with Crippen molar-refractivity contribution in [2.24, 2.45) is 0 Å². The molecule has 0 saturated carbocycles. The number of aliphatic hydroxyl groups excluding tert-OH is 8. The van der Waals surface area contributed by atoms with Gasteiger partial charge in [-0.25, -0.2) is 0 Å². The van der Waals surface area contributed by atoms with Gasteiger partial charge in [-0.15, -0.1) is 0 Å². The molecule has 0 bridgehead atoms. The van der Waals surface area contributed by atoms with E-state index in [4.69, 9.17) is 9.47 Å². The van der Waals surface area contributed by atoms with E-state index in [1.807, 2.05) is 54.6 Å². The molecule has 2 aliphatic heterocycles. The molecular weight excluding hydrogens is 532 g/mol. The summed E-state index contributed by atoms with van der Waals surface area (Å²) in [5.74, 6) is 0. The predicted octanol–water partition coefficient (Wildman–Crippen LogP) is 0.440. The molecule has 0 aromatic heterocycles. The van der Waals surface area contributed by atoms with E-state index in [2.05, 4.69) is 0 Å². The van der Waals surface area contributed by atoms with Crippen LogP contribution in [0.4, 0.5) is 0 Å². The van der Waals surface area contributed by atoms with Gasteiger partial charge in [-0.1, -0.05) is 60.7 Å². The van der Waals surface area contributed by atoms with Gasteiger partial charge < -0.3 is 50.3 Å². The SMILES string of the molecule is OCC[C@H]1O[C@H](c2cccc(-c3ccc(-c4cccc([C@H]5O[C@H](CO)[C@@H](O)[C@H](O)[C@@H]5O)c4)cc3)c2)[C@@H](O)[C@@H](O)[C@@H]1O. The maximum Gasteiger partial charge on any atom is 0.113 e. The fraction of sp³-hybridized carbons (Fsp3) is 0.419. The van der Waals surface area contributed by atoms with Gasteiger partial charge in [0.05, 0.1) is 12.7 Å². The zero-order valence-electron chi connectivity index (χ0n) is 22.2. The number of rotatable bonds is 7. The maximum atomic E-state index is 10.6. The lowest BCUT2D eigenvalue weighted by atomic mass is 9.88. The van der Waals surface area contributed by atoms with E-state index < -0.39 is 67.6 Å². The first-order chi connectivity index (χ1) is 19.7. The lowest BCUT2D eigenvalue weighted by Gasteiger charge is -2.41. The molecule has 3 aromatic rings. The van der Waals surface area contributed by atoms with Crippen LogP contribution < -0.4 is 0 Å². The van der Waals surface area contributed by atoms with Gasteiger partial charge in [0.15, 0.2) is 0 Å². The number of aliphatic hydroxyl groups is 8. The second kappa shape index (κ2) is 12.6. The van der Waals surface area contributed by atoms with E-state index in [0.717, 1.165) is 22.3 Å². The lowest BCUT2D eigenvalue weighted by molar-refractivity contribution is -0.231. The van der Waals surface area contributed by atoms with Gasteiger partial charge in [-0.3, -0.25) is 0 Å². The summed E-state index contributed by atoms with van der Waals surface area (Å²) in [5.41, 5.74) is 4.67. The molecule has 2 fully saturated rings. The third-order valence-corrected chi connectivity index (χ3v) is 8.00. The van der Waals surface area contributed by atoms with Gasteiger partial charge in [0.2, 0.25) is 0 Å². The van der Waals surface area contributed by atoms with E-state index in [-0.39, 0.29) is 13.0 Å². The minimum Gasteiger partial charge on any atom is -0.396 e.